The first-order valence-corrected chi connectivity index (χ1v) is 8.53. The quantitative estimate of drug-likeness (QED) is 0.910. The minimum atomic E-state index is -0.430. The van der Waals surface area contributed by atoms with Crippen LogP contribution in [0, 0.1) is 5.82 Å². The summed E-state index contributed by atoms with van der Waals surface area (Å²) >= 11 is 0. The lowest BCUT2D eigenvalue weighted by atomic mass is 10.1. The zero-order valence-electron chi connectivity index (χ0n) is 14.0. The number of rotatable bonds is 5. The normalized spacial score (nSPS) is 16.7. The number of hydrogen-bond donors (Lipinski definition) is 1. The van der Waals surface area contributed by atoms with Crippen LogP contribution in [0.25, 0.3) is 0 Å². The SMILES string of the molecule is O=C(NCCc1cccc(F)c1)[C@@H]1CCCN1C(=O)c1ccccc1. The van der Waals surface area contributed by atoms with Gasteiger partial charge in [-0.2, -0.15) is 0 Å². The Hall–Kier alpha value is -2.69. The van der Waals surface area contributed by atoms with Gasteiger partial charge in [0.05, 0.1) is 0 Å². The van der Waals surface area contributed by atoms with Crippen molar-refractivity contribution in [2.45, 2.75) is 25.3 Å². The molecule has 3 rings (SSSR count). The second-order valence-electron chi connectivity index (χ2n) is 6.19. The molecule has 0 radical (unpaired) electrons. The number of amides is 2. The summed E-state index contributed by atoms with van der Waals surface area (Å²) in [6.07, 6.45) is 2.05. The molecule has 25 heavy (non-hydrogen) atoms. The van der Waals surface area contributed by atoms with Gasteiger partial charge in [0.2, 0.25) is 5.91 Å². The maximum atomic E-state index is 13.2. The Morgan fingerprint density at radius 3 is 2.68 bits per heavy atom. The van der Waals surface area contributed by atoms with Gasteiger partial charge in [0.25, 0.3) is 5.91 Å². The molecule has 130 valence electrons. The number of carbonyl (C=O) groups excluding carboxylic acids is 2. The van der Waals surface area contributed by atoms with Gasteiger partial charge in [-0.3, -0.25) is 9.59 Å². The highest BCUT2D eigenvalue weighted by atomic mass is 19.1. The summed E-state index contributed by atoms with van der Waals surface area (Å²) in [5.74, 6) is -0.527. The molecular formula is C20H21FN2O2. The average Bonchev–Trinajstić information content (AvgIpc) is 3.11. The molecule has 0 aliphatic carbocycles. The number of nitrogens with zero attached hydrogens (tertiary/aromatic N) is 1. The lowest BCUT2D eigenvalue weighted by molar-refractivity contribution is -0.124. The molecule has 0 saturated carbocycles. The van der Waals surface area contributed by atoms with E-state index in [1.165, 1.54) is 12.1 Å². The minimum absolute atomic E-state index is 0.108. The van der Waals surface area contributed by atoms with Crippen LogP contribution in [-0.2, 0) is 11.2 Å². The molecule has 4 nitrogen and oxygen atoms in total. The van der Waals surface area contributed by atoms with Gasteiger partial charge >= 0.3 is 0 Å². The number of carbonyl (C=O) groups is 2. The van der Waals surface area contributed by atoms with Gasteiger partial charge in [-0.05, 0) is 49.1 Å². The van der Waals surface area contributed by atoms with Gasteiger partial charge in [-0.15, -0.1) is 0 Å². The van der Waals surface area contributed by atoms with Crippen LogP contribution in [-0.4, -0.2) is 35.8 Å². The van der Waals surface area contributed by atoms with E-state index >= 15 is 0 Å². The zero-order chi connectivity index (χ0) is 17.6. The number of hydrogen-bond acceptors (Lipinski definition) is 2. The van der Waals surface area contributed by atoms with Crippen LogP contribution in [0.4, 0.5) is 4.39 Å². The van der Waals surface area contributed by atoms with Crippen LogP contribution < -0.4 is 5.32 Å². The molecule has 1 aliphatic rings. The van der Waals surface area contributed by atoms with E-state index in [1.54, 1.807) is 23.1 Å². The highest BCUT2D eigenvalue weighted by molar-refractivity contribution is 5.97. The number of nitrogens with one attached hydrogen (secondary N) is 1. The summed E-state index contributed by atoms with van der Waals surface area (Å²) in [6, 6.07) is 14.9. The van der Waals surface area contributed by atoms with Gasteiger partial charge in [-0.1, -0.05) is 30.3 Å². The summed E-state index contributed by atoms with van der Waals surface area (Å²) in [7, 11) is 0. The standard InChI is InChI=1S/C20H21FN2O2/c21-17-9-4-6-15(14-17)11-12-22-19(24)18-10-5-13-23(18)20(25)16-7-2-1-3-8-16/h1-4,6-9,14,18H,5,10-13H2,(H,22,24)/t18-/m0/s1. The Balaban J connectivity index is 1.56. The van der Waals surface area contributed by atoms with E-state index in [2.05, 4.69) is 5.32 Å². The first-order valence-electron chi connectivity index (χ1n) is 8.53. The molecule has 5 heteroatoms. The smallest absolute Gasteiger partial charge is 0.254 e. The fraction of sp³-hybridized carbons (Fsp3) is 0.300. The predicted octanol–water partition coefficient (Wildman–Crippen LogP) is 2.79. The van der Waals surface area contributed by atoms with Crippen LogP contribution in [0.2, 0.25) is 0 Å². The van der Waals surface area contributed by atoms with Crippen molar-refractivity contribution in [3.8, 4) is 0 Å². The maximum absolute atomic E-state index is 13.2. The fourth-order valence-corrected chi connectivity index (χ4v) is 3.17. The van der Waals surface area contributed by atoms with Gasteiger partial charge < -0.3 is 10.2 Å². The Morgan fingerprint density at radius 2 is 1.92 bits per heavy atom. The summed E-state index contributed by atoms with van der Waals surface area (Å²) in [6.45, 7) is 1.02. The van der Waals surface area contributed by atoms with E-state index in [9.17, 15) is 14.0 Å². The first-order chi connectivity index (χ1) is 12.1. The third-order valence-corrected chi connectivity index (χ3v) is 4.44. The van der Waals surface area contributed by atoms with E-state index in [-0.39, 0.29) is 17.6 Å². The van der Waals surface area contributed by atoms with Crippen LogP contribution in [0.1, 0.15) is 28.8 Å². The Labute approximate surface area is 146 Å². The van der Waals surface area contributed by atoms with Crippen LogP contribution >= 0.6 is 0 Å². The number of halogens is 1. The molecule has 1 fully saturated rings. The van der Waals surface area contributed by atoms with Crippen molar-refractivity contribution in [2.24, 2.45) is 0 Å². The summed E-state index contributed by atoms with van der Waals surface area (Å²) in [4.78, 5) is 26.7. The van der Waals surface area contributed by atoms with Crippen molar-refractivity contribution in [3.05, 3.63) is 71.5 Å². The van der Waals surface area contributed by atoms with Gasteiger partial charge in [-0.25, -0.2) is 4.39 Å². The molecule has 2 aromatic rings. The van der Waals surface area contributed by atoms with Crippen molar-refractivity contribution in [1.82, 2.24) is 10.2 Å². The second kappa shape index (κ2) is 7.92. The van der Waals surface area contributed by atoms with E-state index < -0.39 is 6.04 Å². The lowest BCUT2D eigenvalue weighted by Crippen LogP contribution is -2.46. The fourth-order valence-electron chi connectivity index (χ4n) is 3.17. The monoisotopic (exact) mass is 340 g/mol. The minimum Gasteiger partial charge on any atom is -0.354 e. The molecule has 1 aliphatic heterocycles. The van der Waals surface area contributed by atoms with Gasteiger partial charge in [0.15, 0.2) is 0 Å². The summed E-state index contributed by atoms with van der Waals surface area (Å²) < 4.78 is 13.2. The van der Waals surface area contributed by atoms with E-state index in [1.807, 2.05) is 24.3 Å². The lowest BCUT2D eigenvalue weighted by Gasteiger charge is -2.24. The van der Waals surface area contributed by atoms with Crippen molar-refractivity contribution >= 4 is 11.8 Å². The van der Waals surface area contributed by atoms with Crippen molar-refractivity contribution in [1.29, 1.82) is 0 Å². The third kappa shape index (κ3) is 4.24. The molecular weight excluding hydrogens is 319 g/mol. The number of likely N-dealkylation sites (tertiary alicyclic amines) is 1. The number of benzene rings is 2. The molecule has 2 aromatic carbocycles. The average molecular weight is 340 g/mol. The van der Waals surface area contributed by atoms with E-state index in [4.69, 9.17) is 0 Å². The maximum Gasteiger partial charge on any atom is 0.254 e. The molecule has 1 heterocycles. The summed E-state index contributed by atoms with van der Waals surface area (Å²) in [5, 5.41) is 2.87. The Morgan fingerprint density at radius 1 is 1.12 bits per heavy atom. The topological polar surface area (TPSA) is 49.4 Å². The highest BCUT2D eigenvalue weighted by Crippen LogP contribution is 2.20. The molecule has 1 N–H and O–H groups in total. The van der Waals surface area contributed by atoms with Crippen molar-refractivity contribution < 1.29 is 14.0 Å². The van der Waals surface area contributed by atoms with Crippen molar-refractivity contribution in [2.75, 3.05) is 13.1 Å². The molecule has 1 saturated heterocycles. The molecule has 0 aromatic heterocycles. The van der Waals surface area contributed by atoms with Crippen LogP contribution in [0.5, 0.6) is 0 Å². The third-order valence-electron chi connectivity index (χ3n) is 4.44. The molecule has 1 atom stereocenters. The largest absolute Gasteiger partial charge is 0.354 e. The van der Waals surface area contributed by atoms with Gasteiger partial charge in [0, 0.05) is 18.7 Å². The molecule has 0 spiro atoms. The van der Waals surface area contributed by atoms with Gasteiger partial charge in [0.1, 0.15) is 11.9 Å². The Kier molecular flexibility index (Phi) is 5.43. The molecule has 2 amide bonds. The summed E-state index contributed by atoms with van der Waals surface area (Å²) in [5.41, 5.74) is 1.44. The highest BCUT2D eigenvalue weighted by Gasteiger charge is 2.34. The second-order valence-corrected chi connectivity index (χ2v) is 6.19. The zero-order valence-corrected chi connectivity index (χ0v) is 14.0. The van der Waals surface area contributed by atoms with Crippen LogP contribution in [0.15, 0.2) is 54.6 Å². The predicted molar refractivity (Wildman–Crippen MR) is 93.6 cm³/mol. The van der Waals surface area contributed by atoms with Crippen molar-refractivity contribution in [3.63, 3.8) is 0 Å². The van der Waals surface area contributed by atoms with E-state index in [0.29, 0.717) is 31.5 Å². The molecule has 0 unspecified atom stereocenters. The first kappa shape index (κ1) is 17.1. The van der Waals surface area contributed by atoms with Crippen LogP contribution in [0.3, 0.4) is 0 Å². The molecule has 0 bridgehead atoms. The van der Waals surface area contributed by atoms with E-state index in [0.717, 1.165) is 12.0 Å². The Bertz CT molecular complexity index is 748.